The van der Waals surface area contributed by atoms with Crippen LogP contribution in [0.4, 0.5) is 0 Å². The van der Waals surface area contributed by atoms with Gasteiger partial charge in [0.05, 0.1) is 22.0 Å². The molecule has 0 fully saturated rings. The molecule has 6 heteroatoms. The number of thioether (sulfide) groups is 1. The van der Waals surface area contributed by atoms with Crippen LogP contribution in [0.15, 0.2) is 5.03 Å². The van der Waals surface area contributed by atoms with Crippen LogP contribution in [-0.2, 0) is 4.79 Å². The molecule has 0 aliphatic rings. The second-order valence-electron chi connectivity index (χ2n) is 3.18. The number of pyridine rings is 1. The van der Waals surface area contributed by atoms with E-state index >= 15 is 0 Å². The van der Waals surface area contributed by atoms with Crippen LogP contribution in [0.5, 0.6) is 0 Å². The Morgan fingerprint density at radius 1 is 1.62 bits per heavy atom. The first-order valence-electron chi connectivity index (χ1n) is 4.45. The second kappa shape index (κ2) is 5.19. The monoisotopic (exact) mass is 255 g/mol. The van der Waals surface area contributed by atoms with Crippen molar-refractivity contribution in [2.24, 2.45) is 5.73 Å². The Morgan fingerprint density at radius 2 is 2.25 bits per heavy atom. The van der Waals surface area contributed by atoms with Gasteiger partial charge in [-0.25, -0.2) is 4.98 Å². The van der Waals surface area contributed by atoms with Crippen LogP contribution in [-0.4, -0.2) is 16.6 Å². The number of amides is 1. The highest BCUT2D eigenvalue weighted by molar-refractivity contribution is 8.00. The van der Waals surface area contributed by atoms with Crippen LogP contribution in [0, 0.1) is 25.2 Å². The molecule has 4 nitrogen and oxygen atoms in total. The maximum atomic E-state index is 10.7. The molecule has 16 heavy (non-hydrogen) atoms. The molecule has 84 valence electrons. The molecular weight excluding hydrogens is 246 g/mol. The van der Waals surface area contributed by atoms with Crippen molar-refractivity contribution in [2.75, 3.05) is 5.75 Å². The predicted octanol–water partition coefficient (Wildman–Crippen LogP) is 1.80. The van der Waals surface area contributed by atoms with Gasteiger partial charge in [0.25, 0.3) is 0 Å². The fraction of sp³-hybridized carbons (Fsp3) is 0.300. The van der Waals surface area contributed by atoms with Crippen molar-refractivity contribution >= 4 is 29.3 Å². The van der Waals surface area contributed by atoms with Crippen LogP contribution >= 0.6 is 23.4 Å². The highest BCUT2D eigenvalue weighted by Crippen LogP contribution is 2.29. The van der Waals surface area contributed by atoms with E-state index < -0.39 is 5.91 Å². The van der Waals surface area contributed by atoms with Crippen molar-refractivity contribution in [3.63, 3.8) is 0 Å². The highest BCUT2D eigenvalue weighted by Gasteiger charge is 2.14. The SMILES string of the molecule is Cc1nc(SCC(N)=O)c(C#N)c(C)c1Cl. The number of carbonyl (C=O) groups excluding carboxylic acids is 1. The van der Waals surface area contributed by atoms with Crippen molar-refractivity contribution < 1.29 is 4.79 Å². The molecule has 0 atom stereocenters. The van der Waals surface area contributed by atoms with Crippen molar-refractivity contribution in [1.82, 2.24) is 4.98 Å². The summed E-state index contributed by atoms with van der Waals surface area (Å²) in [6.07, 6.45) is 0. The first kappa shape index (κ1) is 12.8. The summed E-state index contributed by atoms with van der Waals surface area (Å²) in [5, 5.41) is 9.99. The number of aromatic nitrogens is 1. The molecule has 0 radical (unpaired) electrons. The number of primary amides is 1. The minimum absolute atomic E-state index is 0.0994. The number of nitrogens with two attached hydrogens (primary N) is 1. The lowest BCUT2D eigenvalue weighted by molar-refractivity contribution is -0.115. The van der Waals surface area contributed by atoms with E-state index in [0.29, 0.717) is 26.9 Å². The maximum absolute atomic E-state index is 10.7. The number of rotatable bonds is 3. The van der Waals surface area contributed by atoms with E-state index in [1.54, 1.807) is 13.8 Å². The van der Waals surface area contributed by atoms with Gasteiger partial charge in [0.1, 0.15) is 11.1 Å². The standard InChI is InChI=1S/C10H10ClN3OS/c1-5-7(3-12)10(16-4-8(13)15)14-6(2)9(5)11/h4H2,1-2H3,(H2,13,15). The van der Waals surface area contributed by atoms with E-state index in [0.717, 1.165) is 11.8 Å². The van der Waals surface area contributed by atoms with Gasteiger partial charge in [0.2, 0.25) is 5.91 Å². The first-order valence-corrected chi connectivity index (χ1v) is 5.81. The van der Waals surface area contributed by atoms with Crippen LogP contribution < -0.4 is 5.73 Å². The first-order chi connectivity index (χ1) is 7.47. The molecule has 1 heterocycles. The molecule has 1 amide bonds. The molecule has 1 rings (SSSR count). The van der Waals surface area contributed by atoms with Gasteiger partial charge in [-0.05, 0) is 19.4 Å². The molecule has 0 aliphatic carbocycles. The molecule has 0 unspecified atom stereocenters. The molecular formula is C10H10ClN3OS. The average Bonchev–Trinajstić information content (AvgIpc) is 2.23. The van der Waals surface area contributed by atoms with Gasteiger partial charge in [-0.3, -0.25) is 4.79 Å². The van der Waals surface area contributed by atoms with E-state index in [2.05, 4.69) is 4.98 Å². The number of hydrogen-bond donors (Lipinski definition) is 1. The zero-order chi connectivity index (χ0) is 12.3. The lowest BCUT2D eigenvalue weighted by Crippen LogP contribution is -2.13. The third kappa shape index (κ3) is 2.65. The smallest absolute Gasteiger partial charge is 0.227 e. The van der Waals surface area contributed by atoms with Gasteiger partial charge in [-0.15, -0.1) is 0 Å². The maximum Gasteiger partial charge on any atom is 0.227 e. The summed E-state index contributed by atoms with van der Waals surface area (Å²) in [6, 6.07) is 2.04. The Balaban J connectivity index is 3.19. The Bertz CT molecular complexity index is 482. The number of carbonyl (C=O) groups is 1. The zero-order valence-electron chi connectivity index (χ0n) is 8.87. The average molecular weight is 256 g/mol. The molecule has 2 N–H and O–H groups in total. The number of nitrogens with zero attached hydrogens (tertiary/aromatic N) is 2. The van der Waals surface area contributed by atoms with Crippen LogP contribution in [0.3, 0.4) is 0 Å². The van der Waals surface area contributed by atoms with Gasteiger partial charge >= 0.3 is 0 Å². The highest BCUT2D eigenvalue weighted by atomic mass is 35.5. The molecule has 0 saturated heterocycles. The second-order valence-corrected chi connectivity index (χ2v) is 4.53. The van der Waals surface area contributed by atoms with Gasteiger partial charge in [0.15, 0.2) is 0 Å². The summed E-state index contributed by atoms with van der Waals surface area (Å²) in [6.45, 7) is 3.51. The lowest BCUT2D eigenvalue weighted by atomic mass is 10.1. The molecule has 1 aromatic heterocycles. The molecule has 0 bridgehead atoms. The molecule has 0 saturated carbocycles. The van der Waals surface area contributed by atoms with E-state index in [-0.39, 0.29) is 5.75 Å². The Kier molecular flexibility index (Phi) is 4.16. The molecule has 0 spiro atoms. The predicted molar refractivity (Wildman–Crippen MR) is 63.4 cm³/mol. The Labute approximate surface area is 103 Å². The molecule has 1 aromatic rings. The number of hydrogen-bond acceptors (Lipinski definition) is 4. The van der Waals surface area contributed by atoms with Crippen molar-refractivity contribution in [3.8, 4) is 6.07 Å². The van der Waals surface area contributed by atoms with Gasteiger partial charge in [0, 0.05) is 0 Å². The fourth-order valence-corrected chi connectivity index (χ4v) is 2.13. The molecule has 0 aromatic carbocycles. The Hall–Kier alpha value is -1.25. The van der Waals surface area contributed by atoms with Gasteiger partial charge < -0.3 is 5.73 Å². The minimum Gasteiger partial charge on any atom is -0.369 e. The normalized spacial score (nSPS) is 9.88. The van der Waals surface area contributed by atoms with Crippen LogP contribution in [0.2, 0.25) is 5.02 Å². The van der Waals surface area contributed by atoms with Crippen LogP contribution in [0.25, 0.3) is 0 Å². The summed E-state index contributed by atoms with van der Waals surface area (Å²) >= 11 is 7.13. The largest absolute Gasteiger partial charge is 0.369 e. The van der Waals surface area contributed by atoms with E-state index in [4.69, 9.17) is 22.6 Å². The topological polar surface area (TPSA) is 79.8 Å². The lowest BCUT2D eigenvalue weighted by Gasteiger charge is -2.08. The molecule has 0 aliphatic heterocycles. The van der Waals surface area contributed by atoms with E-state index in [1.165, 1.54) is 0 Å². The fourth-order valence-electron chi connectivity index (χ4n) is 1.17. The number of halogens is 1. The van der Waals surface area contributed by atoms with E-state index in [1.807, 2.05) is 6.07 Å². The van der Waals surface area contributed by atoms with Crippen molar-refractivity contribution in [3.05, 3.63) is 21.8 Å². The van der Waals surface area contributed by atoms with Crippen molar-refractivity contribution in [1.29, 1.82) is 5.26 Å². The summed E-state index contributed by atoms with van der Waals surface area (Å²) in [4.78, 5) is 14.9. The van der Waals surface area contributed by atoms with Crippen LogP contribution in [0.1, 0.15) is 16.8 Å². The summed E-state index contributed by atoms with van der Waals surface area (Å²) in [5.41, 5.74) is 6.77. The van der Waals surface area contributed by atoms with Gasteiger partial charge in [-0.1, -0.05) is 23.4 Å². The quantitative estimate of drug-likeness (QED) is 0.836. The zero-order valence-corrected chi connectivity index (χ0v) is 10.4. The van der Waals surface area contributed by atoms with E-state index in [9.17, 15) is 4.79 Å². The Morgan fingerprint density at radius 3 is 2.75 bits per heavy atom. The summed E-state index contributed by atoms with van der Waals surface area (Å²) in [5.74, 6) is -0.344. The minimum atomic E-state index is -0.444. The third-order valence-electron chi connectivity index (χ3n) is 1.97. The summed E-state index contributed by atoms with van der Waals surface area (Å²) in [7, 11) is 0. The summed E-state index contributed by atoms with van der Waals surface area (Å²) < 4.78 is 0. The number of aryl methyl sites for hydroxylation is 1. The van der Waals surface area contributed by atoms with Crippen molar-refractivity contribution in [2.45, 2.75) is 18.9 Å². The third-order valence-corrected chi connectivity index (χ3v) is 3.52. The number of nitriles is 1. The van der Waals surface area contributed by atoms with Gasteiger partial charge in [-0.2, -0.15) is 5.26 Å².